The molecule has 2 N–H and O–H groups in total. The van der Waals surface area contributed by atoms with E-state index in [9.17, 15) is 13.2 Å². The van der Waals surface area contributed by atoms with Crippen molar-refractivity contribution < 1.29 is 13.2 Å². The van der Waals surface area contributed by atoms with Crippen LogP contribution in [0, 0.1) is 0 Å². The van der Waals surface area contributed by atoms with Gasteiger partial charge in [0.2, 0.25) is 0 Å². The number of amides is 1. The molecular formula is C20H24N2O3S. The van der Waals surface area contributed by atoms with E-state index in [0.29, 0.717) is 11.5 Å². The van der Waals surface area contributed by atoms with Crippen molar-refractivity contribution in [2.24, 2.45) is 0 Å². The first kappa shape index (κ1) is 18.5. The lowest BCUT2D eigenvalue weighted by atomic mass is 9.99. The first-order valence-corrected chi connectivity index (χ1v) is 10.4. The van der Waals surface area contributed by atoms with Crippen molar-refractivity contribution in [3.63, 3.8) is 0 Å². The Kier molecular flexibility index (Phi) is 5.32. The van der Waals surface area contributed by atoms with Gasteiger partial charge in [-0.3, -0.25) is 9.52 Å². The molecule has 26 heavy (non-hydrogen) atoms. The zero-order valence-electron chi connectivity index (χ0n) is 15.0. The SMILES string of the molecule is CC[C@@H](C)c1ccc(S(=O)(=O)Nc2ccccc2C(=O)NC2CC2)cc1. The topological polar surface area (TPSA) is 75.3 Å². The molecule has 6 heteroatoms. The molecule has 0 heterocycles. The smallest absolute Gasteiger partial charge is 0.261 e. The van der Waals surface area contributed by atoms with Gasteiger partial charge in [0.1, 0.15) is 0 Å². The molecule has 0 spiro atoms. The lowest BCUT2D eigenvalue weighted by molar-refractivity contribution is 0.0952. The number of hydrogen-bond donors (Lipinski definition) is 2. The van der Waals surface area contributed by atoms with Crippen molar-refractivity contribution in [2.75, 3.05) is 4.72 Å². The second-order valence-corrected chi connectivity index (χ2v) is 8.46. The molecule has 2 aromatic rings. The van der Waals surface area contributed by atoms with E-state index in [2.05, 4.69) is 23.9 Å². The highest BCUT2D eigenvalue weighted by Gasteiger charge is 2.25. The number of rotatable bonds is 7. The minimum Gasteiger partial charge on any atom is -0.349 e. The minimum atomic E-state index is -3.76. The maximum Gasteiger partial charge on any atom is 0.261 e. The number of benzene rings is 2. The zero-order chi connectivity index (χ0) is 18.7. The molecule has 1 amide bonds. The van der Waals surface area contributed by atoms with E-state index < -0.39 is 10.0 Å². The van der Waals surface area contributed by atoms with Gasteiger partial charge in [-0.1, -0.05) is 38.1 Å². The maximum absolute atomic E-state index is 12.7. The molecule has 0 bridgehead atoms. The second-order valence-electron chi connectivity index (χ2n) is 6.78. The molecular weight excluding hydrogens is 348 g/mol. The third-order valence-corrected chi connectivity index (χ3v) is 6.08. The van der Waals surface area contributed by atoms with Crippen molar-refractivity contribution in [3.05, 3.63) is 59.7 Å². The van der Waals surface area contributed by atoms with Crippen LogP contribution in [-0.2, 0) is 10.0 Å². The number of sulfonamides is 1. The summed E-state index contributed by atoms with van der Waals surface area (Å²) in [7, 11) is -3.76. The lowest BCUT2D eigenvalue weighted by Gasteiger charge is -2.14. The minimum absolute atomic E-state index is 0.182. The molecule has 3 rings (SSSR count). The summed E-state index contributed by atoms with van der Waals surface area (Å²) in [6, 6.07) is 13.8. The summed E-state index contributed by atoms with van der Waals surface area (Å²) in [6.07, 6.45) is 2.94. The van der Waals surface area contributed by atoms with Crippen LogP contribution in [0.15, 0.2) is 53.4 Å². The highest BCUT2D eigenvalue weighted by molar-refractivity contribution is 7.92. The molecule has 138 valence electrons. The van der Waals surface area contributed by atoms with Crippen molar-refractivity contribution >= 4 is 21.6 Å². The van der Waals surface area contributed by atoms with Gasteiger partial charge in [0, 0.05) is 6.04 Å². The molecule has 1 fully saturated rings. The summed E-state index contributed by atoms with van der Waals surface area (Å²) in [6.45, 7) is 4.21. The van der Waals surface area contributed by atoms with Gasteiger partial charge in [-0.25, -0.2) is 8.42 Å². The van der Waals surface area contributed by atoms with E-state index in [1.165, 1.54) is 0 Å². The second kappa shape index (κ2) is 7.50. The van der Waals surface area contributed by atoms with Crippen LogP contribution in [0.25, 0.3) is 0 Å². The summed E-state index contributed by atoms with van der Waals surface area (Å²) < 4.78 is 28.0. The Labute approximate surface area is 154 Å². The summed E-state index contributed by atoms with van der Waals surface area (Å²) in [5.41, 5.74) is 1.73. The monoisotopic (exact) mass is 372 g/mol. The number of hydrogen-bond acceptors (Lipinski definition) is 3. The average molecular weight is 372 g/mol. The lowest BCUT2D eigenvalue weighted by Crippen LogP contribution is -2.27. The molecule has 0 aliphatic heterocycles. The zero-order valence-corrected chi connectivity index (χ0v) is 15.8. The van der Waals surface area contributed by atoms with Crippen LogP contribution in [0.4, 0.5) is 5.69 Å². The number of carbonyl (C=O) groups excluding carboxylic acids is 1. The van der Waals surface area contributed by atoms with E-state index in [4.69, 9.17) is 0 Å². The summed E-state index contributed by atoms with van der Waals surface area (Å²) >= 11 is 0. The van der Waals surface area contributed by atoms with Gasteiger partial charge < -0.3 is 5.32 Å². The Bertz CT molecular complexity index is 888. The van der Waals surface area contributed by atoms with Crippen LogP contribution in [0.5, 0.6) is 0 Å². The van der Waals surface area contributed by atoms with Crippen molar-refractivity contribution in [3.8, 4) is 0 Å². The third kappa shape index (κ3) is 4.25. The molecule has 0 radical (unpaired) electrons. The number of anilines is 1. The fraction of sp³-hybridized carbons (Fsp3) is 0.350. The van der Waals surface area contributed by atoms with E-state index in [-0.39, 0.29) is 22.5 Å². The van der Waals surface area contributed by atoms with Crippen LogP contribution >= 0.6 is 0 Å². The first-order valence-electron chi connectivity index (χ1n) is 8.93. The van der Waals surface area contributed by atoms with Gasteiger partial charge in [0.25, 0.3) is 15.9 Å². The molecule has 0 unspecified atom stereocenters. The molecule has 1 aliphatic rings. The number of para-hydroxylation sites is 1. The largest absolute Gasteiger partial charge is 0.349 e. The van der Waals surface area contributed by atoms with Crippen LogP contribution in [-0.4, -0.2) is 20.4 Å². The number of carbonyl (C=O) groups is 1. The molecule has 1 aliphatic carbocycles. The molecule has 1 atom stereocenters. The van der Waals surface area contributed by atoms with Crippen LogP contribution < -0.4 is 10.0 Å². The maximum atomic E-state index is 12.7. The van der Waals surface area contributed by atoms with Gasteiger partial charge >= 0.3 is 0 Å². The van der Waals surface area contributed by atoms with Gasteiger partial charge in [-0.05, 0) is 55.0 Å². The third-order valence-electron chi connectivity index (χ3n) is 4.70. The molecule has 0 aromatic heterocycles. The van der Waals surface area contributed by atoms with Gasteiger partial charge in [0.05, 0.1) is 16.1 Å². The van der Waals surface area contributed by atoms with Gasteiger partial charge in [-0.2, -0.15) is 0 Å². The van der Waals surface area contributed by atoms with E-state index in [1.54, 1.807) is 36.4 Å². The number of nitrogens with one attached hydrogen (secondary N) is 2. The van der Waals surface area contributed by atoms with Crippen LogP contribution in [0.2, 0.25) is 0 Å². The van der Waals surface area contributed by atoms with E-state index in [0.717, 1.165) is 24.8 Å². The standard InChI is InChI=1S/C20H24N2O3S/c1-3-14(2)15-8-12-17(13-9-15)26(24,25)22-19-7-5-4-6-18(19)20(23)21-16-10-11-16/h4-9,12-14,16,22H,3,10-11H2,1-2H3,(H,21,23)/t14-/m1/s1. The van der Waals surface area contributed by atoms with Crippen molar-refractivity contribution in [2.45, 2.75) is 50.0 Å². The van der Waals surface area contributed by atoms with E-state index in [1.807, 2.05) is 12.1 Å². The Morgan fingerprint density at radius 2 is 1.77 bits per heavy atom. The predicted molar refractivity (Wildman–Crippen MR) is 103 cm³/mol. The summed E-state index contributed by atoms with van der Waals surface area (Å²) in [4.78, 5) is 12.5. The molecule has 5 nitrogen and oxygen atoms in total. The van der Waals surface area contributed by atoms with Gasteiger partial charge in [-0.15, -0.1) is 0 Å². The molecule has 1 saturated carbocycles. The Morgan fingerprint density at radius 3 is 2.38 bits per heavy atom. The van der Waals surface area contributed by atoms with Crippen LogP contribution in [0.1, 0.15) is 54.9 Å². The summed E-state index contributed by atoms with van der Waals surface area (Å²) in [5.74, 6) is 0.129. The molecule has 0 saturated heterocycles. The Morgan fingerprint density at radius 1 is 1.12 bits per heavy atom. The fourth-order valence-corrected chi connectivity index (χ4v) is 3.76. The quantitative estimate of drug-likeness (QED) is 0.774. The van der Waals surface area contributed by atoms with E-state index >= 15 is 0 Å². The first-order chi connectivity index (χ1) is 12.4. The summed E-state index contributed by atoms with van der Waals surface area (Å²) in [5, 5.41) is 2.89. The Hall–Kier alpha value is -2.34. The highest BCUT2D eigenvalue weighted by atomic mass is 32.2. The fourth-order valence-electron chi connectivity index (χ4n) is 2.68. The average Bonchev–Trinajstić information content (AvgIpc) is 3.45. The Balaban J connectivity index is 1.82. The highest BCUT2D eigenvalue weighted by Crippen LogP contribution is 2.25. The van der Waals surface area contributed by atoms with Gasteiger partial charge in [0.15, 0.2) is 0 Å². The van der Waals surface area contributed by atoms with Crippen LogP contribution in [0.3, 0.4) is 0 Å². The van der Waals surface area contributed by atoms with Crippen molar-refractivity contribution in [1.82, 2.24) is 5.32 Å². The predicted octanol–water partition coefficient (Wildman–Crippen LogP) is 3.89. The normalized spacial score (nSPS) is 15.3. The van der Waals surface area contributed by atoms with Crippen molar-refractivity contribution in [1.29, 1.82) is 0 Å². The molecule has 2 aromatic carbocycles.